The number of aliphatic hydroxyl groups excluding tert-OH is 1. The second-order valence-corrected chi connectivity index (χ2v) is 6.90. The van der Waals surface area contributed by atoms with E-state index in [1.54, 1.807) is 19.1 Å². The van der Waals surface area contributed by atoms with Crippen molar-refractivity contribution in [1.82, 2.24) is 10.1 Å². The smallest absolute Gasteiger partial charge is 0.232 e. The van der Waals surface area contributed by atoms with Gasteiger partial charge in [0.1, 0.15) is 5.75 Å². The molecule has 0 bridgehead atoms. The molecule has 0 aliphatic carbocycles. The molecule has 1 N–H and O–H groups in total. The minimum Gasteiger partial charge on any atom is -0.388 e. The molecule has 2 aromatic rings. The van der Waals surface area contributed by atoms with Crippen LogP contribution in [0, 0.1) is 0 Å². The van der Waals surface area contributed by atoms with E-state index >= 15 is 0 Å². The summed E-state index contributed by atoms with van der Waals surface area (Å²) in [4.78, 5) is 4.03. The van der Waals surface area contributed by atoms with Crippen LogP contribution in [-0.2, 0) is 15.6 Å². The molecule has 0 aliphatic heterocycles. The summed E-state index contributed by atoms with van der Waals surface area (Å²) < 4.78 is 27.4. The second kappa shape index (κ2) is 5.72. The molecule has 6 nitrogen and oxygen atoms in total. The Morgan fingerprint density at radius 1 is 1.30 bits per heavy atom. The van der Waals surface area contributed by atoms with Crippen molar-refractivity contribution in [1.29, 1.82) is 0 Å². The number of hydrogen-bond donors (Lipinski definition) is 1. The predicted octanol–water partition coefficient (Wildman–Crippen LogP) is 1.45. The van der Waals surface area contributed by atoms with Gasteiger partial charge in [-0.3, -0.25) is 0 Å². The molecule has 0 amide bonds. The lowest BCUT2D eigenvalue weighted by Crippen LogP contribution is -2.08. The molecule has 2 rings (SSSR count). The van der Waals surface area contributed by atoms with E-state index < -0.39 is 21.9 Å². The van der Waals surface area contributed by atoms with Gasteiger partial charge in [0, 0.05) is 6.26 Å². The highest BCUT2D eigenvalue weighted by molar-refractivity contribution is 7.89. The van der Waals surface area contributed by atoms with Crippen LogP contribution in [0.25, 0.3) is 0 Å². The van der Waals surface area contributed by atoms with Crippen LogP contribution in [0.4, 0.5) is 0 Å². The Morgan fingerprint density at radius 2 is 1.95 bits per heavy atom. The zero-order valence-electron chi connectivity index (χ0n) is 11.2. The molecule has 1 aromatic carbocycles. The normalized spacial score (nSPS) is 14.9. The lowest BCUT2D eigenvalue weighted by atomic mass is 9.97. The molecule has 0 saturated heterocycles. The first-order chi connectivity index (χ1) is 9.37. The Kier molecular flexibility index (Phi) is 4.20. The van der Waals surface area contributed by atoms with Crippen molar-refractivity contribution in [3.8, 4) is 0 Å². The Bertz CT molecular complexity index is 667. The summed E-state index contributed by atoms with van der Waals surface area (Å²) in [6.07, 6.45) is 0.313. The number of hydrogen-bond acceptors (Lipinski definition) is 6. The molecule has 2 unspecified atom stereocenters. The maximum atomic E-state index is 11.2. The van der Waals surface area contributed by atoms with Crippen LogP contribution in [0.3, 0.4) is 0 Å². The van der Waals surface area contributed by atoms with Gasteiger partial charge in [-0.25, -0.2) is 8.42 Å². The highest BCUT2D eigenvalue weighted by Gasteiger charge is 2.24. The van der Waals surface area contributed by atoms with Crippen LogP contribution in [0.15, 0.2) is 34.9 Å². The van der Waals surface area contributed by atoms with Crippen molar-refractivity contribution in [3.63, 3.8) is 0 Å². The van der Waals surface area contributed by atoms with Gasteiger partial charge in [-0.15, -0.1) is 0 Å². The summed E-state index contributed by atoms with van der Waals surface area (Å²) in [7, 11) is -3.21. The van der Waals surface area contributed by atoms with Crippen molar-refractivity contribution in [2.24, 2.45) is 0 Å². The van der Waals surface area contributed by atoms with Crippen LogP contribution in [-0.4, -0.2) is 29.9 Å². The van der Waals surface area contributed by atoms with E-state index in [9.17, 15) is 13.5 Å². The standard InChI is InChI=1S/C13H16N2O4S/c1-9(12(16)10-6-4-3-5-7-10)13-14-11(15-19-13)8-20(2,17)18/h3-7,9,12,16H,8H2,1-2H3. The van der Waals surface area contributed by atoms with Gasteiger partial charge in [0.05, 0.1) is 12.0 Å². The van der Waals surface area contributed by atoms with Gasteiger partial charge in [-0.05, 0) is 5.56 Å². The third-order valence-corrected chi connectivity index (χ3v) is 3.66. The van der Waals surface area contributed by atoms with Gasteiger partial charge in [-0.2, -0.15) is 4.98 Å². The Labute approximate surface area is 117 Å². The molecule has 108 valence electrons. The van der Waals surface area contributed by atoms with Crippen LogP contribution >= 0.6 is 0 Å². The van der Waals surface area contributed by atoms with Gasteiger partial charge in [0.2, 0.25) is 5.89 Å². The summed E-state index contributed by atoms with van der Waals surface area (Å²) in [6, 6.07) is 9.12. The van der Waals surface area contributed by atoms with Gasteiger partial charge in [-0.1, -0.05) is 42.4 Å². The van der Waals surface area contributed by atoms with Crippen molar-refractivity contribution in [2.45, 2.75) is 24.7 Å². The van der Waals surface area contributed by atoms with E-state index in [0.29, 0.717) is 0 Å². The van der Waals surface area contributed by atoms with Crippen molar-refractivity contribution >= 4 is 9.84 Å². The maximum Gasteiger partial charge on any atom is 0.232 e. The average molecular weight is 296 g/mol. The molecule has 1 aromatic heterocycles. The predicted molar refractivity (Wildman–Crippen MR) is 72.7 cm³/mol. The summed E-state index contributed by atoms with van der Waals surface area (Å²) in [5.41, 5.74) is 0.739. The van der Waals surface area contributed by atoms with Crippen molar-refractivity contribution in [2.75, 3.05) is 6.26 Å². The molecular weight excluding hydrogens is 280 g/mol. The van der Waals surface area contributed by atoms with Gasteiger partial charge in [0.15, 0.2) is 15.7 Å². The summed E-state index contributed by atoms with van der Waals surface area (Å²) in [5.74, 6) is -0.363. The third-order valence-electron chi connectivity index (χ3n) is 2.88. The minimum atomic E-state index is -3.21. The van der Waals surface area contributed by atoms with E-state index in [4.69, 9.17) is 4.52 Å². The third kappa shape index (κ3) is 3.64. The molecule has 0 radical (unpaired) electrons. The molecule has 20 heavy (non-hydrogen) atoms. The van der Waals surface area contributed by atoms with Crippen molar-refractivity contribution in [3.05, 3.63) is 47.6 Å². The Hall–Kier alpha value is -1.73. The lowest BCUT2D eigenvalue weighted by molar-refractivity contribution is 0.135. The van der Waals surface area contributed by atoms with Gasteiger partial charge in [0.25, 0.3) is 0 Å². The Balaban J connectivity index is 2.15. The largest absolute Gasteiger partial charge is 0.388 e. The summed E-state index contributed by atoms with van der Waals surface area (Å²) in [6.45, 7) is 1.75. The van der Waals surface area contributed by atoms with Crippen LogP contribution in [0.1, 0.15) is 36.2 Å². The molecule has 0 saturated carbocycles. The first-order valence-electron chi connectivity index (χ1n) is 6.10. The molecule has 0 spiro atoms. The van der Waals surface area contributed by atoms with Crippen LogP contribution in [0.5, 0.6) is 0 Å². The van der Waals surface area contributed by atoms with Crippen LogP contribution < -0.4 is 0 Å². The van der Waals surface area contributed by atoms with E-state index in [1.807, 2.05) is 18.2 Å². The quantitative estimate of drug-likeness (QED) is 0.897. The fourth-order valence-corrected chi connectivity index (χ4v) is 2.41. The molecule has 7 heteroatoms. The first-order valence-corrected chi connectivity index (χ1v) is 8.16. The number of aliphatic hydroxyl groups is 1. The van der Waals surface area contributed by atoms with Crippen LogP contribution in [0.2, 0.25) is 0 Å². The fraction of sp³-hybridized carbons (Fsp3) is 0.385. The van der Waals surface area contributed by atoms with Gasteiger partial charge >= 0.3 is 0 Å². The molecule has 0 fully saturated rings. The van der Waals surface area contributed by atoms with Crippen molar-refractivity contribution < 1.29 is 18.0 Å². The molecular formula is C13H16N2O4S. The number of aromatic nitrogens is 2. The highest BCUT2D eigenvalue weighted by Crippen LogP contribution is 2.29. The molecule has 1 heterocycles. The highest BCUT2D eigenvalue weighted by atomic mass is 32.2. The number of sulfone groups is 1. The minimum absolute atomic E-state index is 0.106. The number of rotatable bonds is 5. The zero-order valence-corrected chi connectivity index (χ0v) is 12.0. The summed E-state index contributed by atoms with van der Waals surface area (Å²) >= 11 is 0. The molecule has 0 aliphatic rings. The first kappa shape index (κ1) is 14.7. The average Bonchev–Trinajstić information content (AvgIpc) is 2.84. The Morgan fingerprint density at radius 3 is 2.55 bits per heavy atom. The van der Waals surface area contributed by atoms with E-state index in [2.05, 4.69) is 10.1 Å². The number of benzene rings is 1. The number of nitrogens with zero attached hydrogens (tertiary/aromatic N) is 2. The monoisotopic (exact) mass is 296 g/mol. The second-order valence-electron chi connectivity index (χ2n) is 4.76. The van der Waals surface area contributed by atoms with E-state index in [1.165, 1.54) is 0 Å². The van der Waals surface area contributed by atoms with Gasteiger partial charge < -0.3 is 9.63 Å². The molecule has 2 atom stereocenters. The summed E-state index contributed by atoms with van der Waals surface area (Å²) in [5, 5.41) is 13.9. The van der Waals surface area contributed by atoms with E-state index in [-0.39, 0.29) is 17.5 Å². The fourth-order valence-electron chi connectivity index (χ4n) is 1.82. The topological polar surface area (TPSA) is 93.3 Å². The maximum absolute atomic E-state index is 11.2. The SMILES string of the molecule is CC(c1nc(CS(C)(=O)=O)no1)C(O)c1ccccc1. The van der Waals surface area contributed by atoms with E-state index in [0.717, 1.165) is 11.8 Å². The lowest BCUT2D eigenvalue weighted by Gasteiger charge is -2.15. The zero-order chi connectivity index (χ0) is 14.8.